The van der Waals surface area contributed by atoms with Gasteiger partial charge in [0.2, 0.25) is 0 Å². The van der Waals surface area contributed by atoms with E-state index in [4.69, 9.17) is 0 Å². The lowest BCUT2D eigenvalue weighted by atomic mass is 10.1. The fourth-order valence-electron chi connectivity index (χ4n) is 2.12. The minimum atomic E-state index is -0.204. The van der Waals surface area contributed by atoms with Crippen molar-refractivity contribution in [3.8, 4) is 11.1 Å². The Hall–Kier alpha value is -1.74. The maximum Gasteiger partial charge on any atom is 0.131 e. The van der Waals surface area contributed by atoms with Crippen molar-refractivity contribution in [2.75, 3.05) is 13.1 Å². The molecule has 1 aromatic heterocycles. The van der Waals surface area contributed by atoms with E-state index in [-0.39, 0.29) is 5.82 Å². The van der Waals surface area contributed by atoms with Gasteiger partial charge in [-0.3, -0.25) is 9.88 Å². The molecule has 3 heteroatoms. The van der Waals surface area contributed by atoms with E-state index in [2.05, 4.69) is 23.7 Å². The molecule has 1 aromatic carbocycles. The van der Waals surface area contributed by atoms with Gasteiger partial charge in [0.25, 0.3) is 0 Å². The second-order valence-electron chi connectivity index (χ2n) is 4.52. The molecule has 0 radical (unpaired) electrons. The molecule has 0 fully saturated rings. The number of benzene rings is 1. The van der Waals surface area contributed by atoms with Crippen LogP contribution in [0.5, 0.6) is 0 Å². The van der Waals surface area contributed by atoms with Gasteiger partial charge in [-0.25, -0.2) is 4.39 Å². The Labute approximate surface area is 113 Å². The van der Waals surface area contributed by atoms with Crippen molar-refractivity contribution in [2.24, 2.45) is 0 Å². The molecule has 1 heterocycles. The molecule has 0 N–H and O–H groups in total. The Morgan fingerprint density at radius 1 is 1.11 bits per heavy atom. The highest BCUT2D eigenvalue weighted by Gasteiger charge is 2.07. The molecule has 2 rings (SSSR count). The molecule has 2 aromatic rings. The van der Waals surface area contributed by atoms with E-state index in [1.165, 1.54) is 6.07 Å². The zero-order valence-electron chi connectivity index (χ0n) is 11.4. The average molecular weight is 258 g/mol. The first-order valence-electron chi connectivity index (χ1n) is 6.65. The first kappa shape index (κ1) is 13.7. The summed E-state index contributed by atoms with van der Waals surface area (Å²) in [6, 6.07) is 8.82. The van der Waals surface area contributed by atoms with Crippen LogP contribution in [0.2, 0.25) is 0 Å². The number of pyridine rings is 1. The first-order chi connectivity index (χ1) is 9.24. The first-order valence-corrected chi connectivity index (χ1v) is 6.65. The van der Waals surface area contributed by atoms with Gasteiger partial charge in [0.1, 0.15) is 5.82 Å². The molecule has 0 unspecified atom stereocenters. The van der Waals surface area contributed by atoms with Gasteiger partial charge in [-0.05, 0) is 30.8 Å². The van der Waals surface area contributed by atoms with Gasteiger partial charge in [-0.2, -0.15) is 0 Å². The molecule has 0 saturated carbocycles. The highest BCUT2D eigenvalue weighted by molar-refractivity contribution is 5.63. The second kappa shape index (κ2) is 6.43. The van der Waals surface area contributed by atoms with Gasteiger partial charge in [0, 0.05) is 30.1 Å². The average Bonchev–Trinajstić information content (AvgIpc) is 2.45. The van der Waals surface area contributed by atoms with Gasteiger partial charge in [0.15, 0.2) is 0 Å². The number of aromatic nitrogens is 1. The highest BCUT2D eigenvalue weighted by atomic mass is 19.1. The molecular weight excluding hydrogens is 239 g/mol. The Balaban J connectivity index is 2.27. The third-order valence-corrected chi connectivity index (χ3v) is 3.28. The summed E-state index contributed by atoms with van der Waals surface area (Å²) >= 11 is 0. The van der Waals surface area contributed by atoms with Crippen LogP contribution >= 0.6 is 0 Å². The van der Waals surface area contributed by atoms with Gasteiger partial charge in [-0.15, -0.1) is 0 Å². The lowest BCUT2D eigenvalue weighted by Gasteiger charge is -2.18. The molecule has 0 spiro atoms. The summed E-state index contributed by atoms with van der Waals surface area (Å²) in [4.78, 5) is 6.54. The molecule has 0 bridgehead atoms. The predicted octanol–water partition coefficient (Wildman–Crippen LogP) is 3.73. The van der Waals surface area contributed by atoms with Crippen LogP contribution in [-0.4, -0.2) is 23.0 Å². The smallest absolute Gasteiger partial charge is 0.131 e. The number of hydrogen-bond acceptors (Lipinski definition) is 2. The van der Waals surface area contributed by atoms with Gasteiger partial charge >= 0.3 is 0 Å². The monoisotopic (exact) mass is 258 g/mol. The number of halogens is 1. The normalized spacial score (nSPS) is 10.9. The third-order valence-electron chi connectivity index (χ3n) is 3.28. The minimum Gasteiger partial charge on any atom is -0.300 e. The van der Waals surface area contributed by atoms with Crippen molar-refractivity contribution >= 4 is 0 Å². The zero-order chi connectivity index (χ0) is 13.7. The highest BCUT2D eigenvalue weighted by Crippen LogP contribution is 2.22. The van der Waals surface area contributed by atoms with Crippen LogP contribution in [0.4, 0.5) is 4.39 Å². The van der Waals surface area contributed by atoms with Crippen LogP contribution in [-0.2, 0) is 6.54 Å². The summed E-state index contributed by atoms with van der Waals surface area (Å²) in [5.74, 6) is -0.204. The van der Waals surface area contributed by atoms with E-state index >= 15 is 0 Å². The molecule has 0 aliphatic rings. The zero-order valence-corrected chi connectivity index (χ0v) is 11.4. The fraction of sp³-hybridized carbons (Fsp3) is 0.312. The van der Waals surface area contributed by atoms with Crippen molar-refractivity contribution in [3.05, 3.63) is 54.1 Å². The molecule has 0 aliphatic heterocycles. The Morgan fingerprint density at radius 3 is 2.53 bits per heavy atom. The van der Waals surface area contributed by atoms with E-state index in [0.29, 0.717) is 5.56 Å². The van der Waals surface area contributed by atoms with Crippen LogP contribution in [0.3, 0.4) is 0 Å². The fourth-order valence-corrected chi connectivity index (χ4v) is 2.12. The van der Waals surface area contributed by atoms with Crippen LogP contribution in [0.1, 0.15) is 19.4 Å². The predicted molar refractivity (Wildman–Crippen MR) is 76.3 cm³/mol. The van der Waals surface area contributed by atoms with E-state index in [1.807, 2.05) is 18.3 Å². The van der Waals surface area contributed by atoms with Crippen LogP contribution < -0.4 is 0 Å². The molecule has 2 nitrogen and oxygen atoms in total. The number of rotatable bonds is 5. The second-order valence-corrected chi connectivity index (χ2v) is 4.52. The molecule has 0 atom stereocenters. The lowest BCUT2D eigenvalue weighted by molar-refractivity contribution is 0.295. The Morgan fingerprint density at radius 2 is 1.84 bits per heavy atom. The largest absolute Gasteiger partial charge is 0.300 e. The summed E-state index contributed by atoms with van der Waals surface area (Å²) in [6.45, 7) is 7.12. The van der Waals surface area contributed by atoms with Crippen molar-refractivity contribution < 1.29 is 4.39 Å². The summed E-state index contributed by atoms with van der Waals surface area (Å²) in [5.41, 5.74) is 2.56. The topological polar surface area (TPSA) is 16.1 Å². The van der Waals surface area contributed by atoms with Crippen molar-refractivity contribution in [2.45, 2.75) is 20.4 Å². The summed E-state index contributed by atoms with van der Waals surface area (Å²) in [5, 5.41) is 0. The van der Waals surface area contributed by atoms with Crippen molar-refractivity contribution in [1.82, 2.24) is 9.88 Å². The maximum atomic E-state index is 13.8. The van der Waals surface area contributed by atoms with Crippen LogP contribution in [0.15, 0.2) is 42.7 Å². The van der Waals surface area contributed by atoms with Gasteiger partial charge in [0.05, 0.1) is 0 Å². The van der Waals surface area contributed by atoms with Crippen molar-refractivity contribution in [3.63, 3.8) is 0 Å². The SMILES string of the molecule is CCN(CC)Cc1cncc(-c2ccccc2F)c1. The molecular formula is C16H19FN2. The molecule has 100 valence electrons. The van der Waals surface area contributed by atoms with E-state index in [1.54, 1.807) is 18.3 Å². The third kappa shape index (κ3) is 3.38. The summed E-state index contributed by atoms with van der Waals surface area (Å²) in [6.07, 6.45) is 3.56. The minimum absolute atomic E-state index is 0.204. The molecule has 0 aliphatic carbocycles. The van der Waals surface area contributed by atoms with Crippen molar-refractivity contribution in [1.29, 1.82) is 0 Å². The number of hydrogen-bond donors (Lipinski definition) is 0. The molecule has 0 amide bonds. The Bertz CT molecular complexity index is 536. The van der Waals surface area contributed by atoms with E-state index < -0.39 is 0 Å². The standard InChI is InChI=1S/C16H19FN2/c1-3-19(4-2)12-13-9-14(11-18-10-13)15-7-5-6-8-16(15)17/h5-11H,3-4,12H2,1-2H3. The van der Waals surface area contributed by atoms with E-state index in [0.717, 1.165) is 30.8 Å². The molecule has 0 saturated heterocycles. The summed E-state index contributed by atoms with van der Waals surface area (Å²) in [7, 11) is 0. The van der Waals surface area contributed by atoms with Gasteiger partial charge in [-0.1, -0.05) is 32.0 Å². The van der Waals surface area contributed by atoms with E-state index in [9.17, 15) is 4.39 Å². The van der Waals surface area contributed by atoms with Gasteiger partial charge < -0.3 is 0 Å². The Kier molecular flexibility index (Phi) is 4.63. The van der Waals surface area contributed by atoms with Crippen LogP contribution in [0.25, 0.3) is 11.1 Å². The quantitative estimate of drug-likeness (QED) is 0.812. The number of nitrogens with zero attached hydrogens (tertiary/aromatic N) is 2. The summed E-state index contributed by atoms with van der Waals surface area (Å²) < 4.78 is 13.8. The maximum absolute atomic E-state index is 13.8. The molecule has 19 heavy (non-hydrogen) atoms. The lowest BCUT2D eigenvalue weighted by Crippen LogP contribution is -2.22. The van der Waals surface area contributed by atoms with Crippen LogP contribution in [0, 0.1) is 5.82 Å².